The molecule has 126 valence electrons. The molecule has 0 saturated heterocycles. The Labute approximate surface area is 156 Å². The number of nitrogens with zero attached hydrogens (tertiary/aromatic N) is 1. The Hall–Kier alpha value is -1.86. The number of anilines is 1. The van der Waals surface area contributed by atoms with Crippen molar-refractivity contribution in [2.75, 3.05) is 18.9 Å². The number of carbonyl (C=O) groups excluding carboxylic acids is 2. The van der Waals surface area contributed by atoms with E-state index in [2.05, 4.69) is 37.2 Å². The highest BCUT2D eigenvalue weighted by Crippen LogP contribution is 2.23. The number of phenolic OH excluding ortho intramolecular Hbond substituents is 1. The summed E-state index contributed by atoms with van der Waals surface area (Å²) >= 11 is 6.62. The van der Waals surface area contributed by atoms with Gasteiger partial charge in [-0.25, -0.2) is 0 Å². The van der Waals surface area contributed by atoms with Crippen LogP contribution in [0.3, 0.4) is 0 Å². The second kappa shape index (κ2) is 7.81. The third kappa shape index (κ3) is 4.58. The summed E-state index contributed by atoms with van der Waals surface area (Å²) in [4.78, 5) is 25.8. The van der Waals surface area contributed by atoms with Crippen molar-refractivity contribution in [3.05, 3.63) is 56.5 Å². The monoisotopic (exact) mass is 454 g/mol. The lowest BCUT2D eigenvalue weighted by Gasteiger charge is -2.18. The van der Waals surface area contributed by atoms with Gasteiger partial charge in [0.1, 0.15) is 5.75 Å². The van der Waals surface area contributed by atoms with Crippen LogP contribution < -0.4 is 5.32 Å². The summed E-state index contributed by atoms with van der Waals surface area (Å²) in [6.07, 6.45) is 0. The summed E-state index contributed by atoms with van der Waals surface area (Å²) in [5.41, 5.74) is 1.74. The SMILES string of the molecule is Cc1cc(Br)ccc1NC(=O)CN(C)C(=O)c1cc(Br)ccc1O. The molecule has 0 bridgehead atoms. The highest BCUT2D eigenvalue weighted by atomic mass is 79.9. The third-order valence-corrected chi connectivity index (χ3v) is 4.37. The number of likely N-dealkylation sites (N-methyl/N-ethyl adjacent to an activating group) is 1. The molecule has 0 aliphatic carbocycles. The second-order valence-electron chi connectivity index (χ2n) is 5.33. The molecular formula is C17H16Br2N2O3. The molecular weight excluding hydrogens is 440 g/mol. The second-order valence-corrected chi connectivity index (χ2v) is 7.16. The van der Waals surface area contributed by atoms with Crippen molar-refractivity contribution in [3.63, 3.8) is 0 Å². The lowest BCUT2D eigenvalue weighted by Crippen LogP contribution is -2.35. The van der Waals surface area contributed by atoms with E-state index in [1.165, 1.54) is 24.1 Å². The molecule has 0 aliphatic rings. The van der Waals surface area contributed by atoms with Crippen molar-refractivity contribution < 1.29 is 14.7 Å². The Balaban J connectivity index is 2.05. The molecule has 0 saturated carbocycles. The Bertz CT molecular complexity index is 793. The molecule has 24 heavy (non-hydrogen) atoms. The van der Waals surface area contributed by atoms with E-state index in [4.69, 9.17) is 0 Å². The number of carbonyl (C=O) groups is 2. The smallest absolute Gasteiger partial charge is 0.257 e. The number of rotatable bonds is 4. The number of amides is 2. The van der Waals surface area contributed by atoms with Gasteiger partial charge < -0.3 is 15.3 Å². The molecule has 2 amide bonds. The van der Waals surface area contributed by atoms with Crippen LogP contribution in [0.5, 0.6) is 5.75 Å². The van der Waals surface area contributed by atoms with Gasteiger partial charge in [0.15, 0.2) is 0 Å². The molecule has 0 fully saturated rings. The van der Waals surface area contributed by atoms with E-state index in [1.54, 1.807) is 12.1 Å². The highest BCUT2D eigenvalue weighted by molar-refractivity contribution is 9.10. The van der Waals surface area contributed by atoms with Crippen LogP contribution in [0.15, 0.2) is 45.3 Å². The fraction of sp³-hybridized carbons (Fsp3) is 0.176. The number of nitrogens with one attached hydrogen (secondary N) is 1. The lowest BCUT2D eigenvalue weighted by atomic mass is 10.1. The summed E-state index contributed by atoms with van der Waals surface area (Å²) in [6.45, 7) is 1.76. The van der Waals surface area contributed by atoms with Crippen molar-refractivity contribution >= 4 is 49.4 Å². The first-order valence-corrected chi connectivity index (χ1v) is 8.66. The van der Waals surface area contributed by atoms with E-state index in [0.717, 1.165) is 10.0 Å². The predicted octanol–water partition coefficient (Wildman–Crippen LogP) is 3.94. The van der Waals surface area contributed by atoms with E-state index in [-0.39, 0.29) is 23.8 Å². The van der Waals surface area contributed by atoms with Crippen molar-refractivity contribution in [2.24, 2.45) is 0 Å². The molecule has 2 aromatic carbocycles. The molecule has 2 N–H and O–H groups in total. The molecule has 0 aromatic heterocycles. The van der Waals surface area contributed by atoms with E-state index < -0.39 is 5.91 Å². The molecule has 0 heterocycles. The molecule has 0 atom stereocenters. The van der Waals surface area contributed by atoms with Crippen LogP contribution in [0.1, 0.15) is 15.9 Å². The lowest BCUT2D eigenvalue weighted by molar-refractivity contribution is -0.116. The van der Waals surface area contributed by atoms with Crippen molar-refractivity contribution in [3.8, 4) is 5.75 Å². The minimum atomic E-state index is -0.434. The van der Waals surface area contributed by atoms with Crippen LogP contribution >= 0.6 is 31.9 Å². The van der Waals surface area contributed by atoms with Gasteiger partial charge in [-0.3, -0.25) is 9.59 Å². The van der Waals surface area contributed by atoms with Crippen molar-refractivity contribution in [2.45, 2.75) is 6.92 Å². The van der Waals surface area contributed by atoms with Crippen molar-refractivity contribution in [1.29, 1.82) is 0 Å². The first-order valence-electron chi connectivity index (χ1n) is 7.08. The fourth-order valence-corrected chi connectivity index (χ4v) is 2.97. The highest BCUT2D eigenvalue weighted by Gasteiger charge is 2.18. The summed E-state index contributed by atoms with van der Waals surface area (Å²) in [7, 11) is 1.51. The normalized spacial score (nSPS) is 10.3. The first kappa shape index (κ1) is 18.5. The maximum absolute atomic E-state index is 12.4. The Morgan fingerprint density at radius 3 is 2.42 bits per heavy atom. The quantitative estimate of drug-likeness (QED) is 0.733. The Kier molecular flexibility index (Phi) is 6.01. The van der Waals surface area contributed by atoms with Gasteiger partial charge in [0, 0.05) is 21.7 Å². The van der Waals surface area contributed by atoms with Gasteiger partial charge in [-0.2, -0.15) is 0 Å². The number of hydrogen-bond donors (Lipinski definition) is 2. The zero-order valence-electron chi connectivity index (χ0n) is 13.1. The molecule has 2 aromatic rings. The van der Waals surface area contributed by atoms with Crippen LogP contribution in [0.4, 0.5) is 5.69 Å². The topological polar surface area (TPSA) is 69.6 Å². The van der Waals surface area contributed by atoms with E-state index >= 15 is 0 Å². The minimum Gasteiger partial charge on any atom is -0.507 e. The molecule has 0 aliphatic heterocycles. The van der Waals surface area contributed by atoms with Crippen LogP contribution in [0, 0.1) is 6.92 Å². The fourth-order valence-electron chi connectivity index (χ4n) is 2.13. The number of hydrogen-bond acceptors (Lipinski definition) is 3. The maximum atomic E-state index is 12.4. The maximum Gasteiger partial charge on any atom is 0.257 e. The zero-order chi connectivity index (χ0) is 17.9. The molecule has 0 radical (unpaired) electrons. The Morgan fingerprint density at radius 1 is 1.12 bits per heavy atom. The molecule has 5 nitrogen and oxygen atoms in total. The summed E-state index contributed by atoms with van der Waals surface area (Å²) in [5, 5.41) is 12.6. The number of aromatic hydroxyl groups is 1. The summed E-state index contributed by atoms with van der Waals surface area (Å²) in [5.74, 6) is -0.874. The van der Waals surface area contributed by atoms with E-state index in [1.807, 2.05) is 19.1 Å². The van der Waals surface area contributed by atoms with Gasteiger partial charge in [-0.05, 0) is 48.9 Å². The van der Waals surface area contributed by atoms with Crippen LogP contribution in [0.2, 0.25) is 0 Å². The van der Waals surface area contributed by atoms with Gasteiger partial charge >= 0.3 is 0 Å². The van der Waals surface area contributed by atoms with Gasteiger partial charge in [-0.1, -0.05) is 31.9 Å². The summed E-state index contributed by atoms with van der Waals surface area (Å²) in [6, 6.07) is 10.1. The molecule has 0 spiro atoms. The number of benzene rings is 2. The van der Waals surface area contributed by atoms with Gasteiger partial charge in [0.05, 0.1) is 12.1 Å². The zero-order valence-corrected chi connectivity index (χ0v) is 16.3. The largest absolute Gasteiger partial charge is 0.507 e. The van der Waals surface area contributed by atoms with Crippen LogP contribution in [0.25, 0.3) is 0 Å². The van der Waals surface area contributed by atoms with E-state index in [0.29, 0.717) is 10.2 Å². The van der Waals surface area contributed by atoms with Crippen LogP contribution in [-0.4, -0.2) is 35.4 Å². The molecule has 2 rings (SSSR count). The number of aryl methyl sites for hydroxylation is 1. The number of halogens is 2. The minimum absolute atomic E-state index is 0.125. The molecule has 0 unspecified atom stereocenters. The number of phenols is 1. The summed E-state index contributed by atoms with van der Waals surface area (Å²) < 4.78 is 1.60. The van der Waals surface area contributed by atoms with E-state index in [9.17, 15) is 14.7 Å². The standard InChI is InChI=1S/C17H16Br2N2O3/c1-10-7-11(18)3-5-14(10)20-16(23)9-21(2)17(24)13-8-12(19)4-6-15(13)22/h3-8,22H,9H2,1-2H3,(H,20,23). The van der Waals surface area contributed by atoms with Crippen LogP contribution in [-0.2, 0) is 4.79 Å². The average molecular weight is 456 g/mol. The third-order valence-electron chi connectivity index (χ3n) is 3.38. The molecule has 7 heteroatoms. The average Bonchev–Trinajstić information content (AvgIpc) is 2.51. The van der Waals surface area contributed by atoms with Crippen molar-refractivity contribution in [1.82, 2.24) is 4.90 Å². The van der Waals surface area contributed by atoms with Gasteiger partial charge in [0.25, 0.3) is 5.91 Å². The van der Waals surface area contributed by atoms with Gasteiger partial charge in [0.2, 0.25) is 5.91 Å². The predicted molar refractivity (Wildman–Crippen MR) is 100 cm³/mol. The first-order chi connectivity index (χ1) is 11.3. The van der Waals surface area contributed by atoms with Gasteiger partial charge in [-0.15, -0.1) is 0 Å². The Morgan fingerprint density at radius 2 is 1.75 bits per heavy atom.